The van der Waals surface area contributed by atoms with Crippen molar-refractivity contribution in [1.29, 1.82) is 0 Å². The minimum absolute atomic E-state index is 0.649. The molecule has 1 rings (SSSR count). The average molecular weight is 284 g/mol. The van der Waals surface area contributed by atoms with Crippen LogP contribution in [0.2, 0.25) is 0 Å². The van der Waals surface area contributed by atoms with E-state index in [9.17, 15) is 0 Å². The Balaban J connectivity index is 2.62. The molecule has 0 saturated heterocycles. The van der Waals surface area contributed by atoms with Crippen LogP contribution in [0.1, 0.15) is 56.1 Å². The Morgan fingerprint density at radius 3 is 2.68 bits per heavy atom. The summed E-state index contributed by atoms with van der Waals surface area (Å²) in [5, 5.41) is 4.60. The molecule has 4 heteroatoms. The second-order valence-corrected chi connectivity index (χ2v) is 6.47. The highest BCUT2D eigenvalue weighted by molar-refractivity contribution is 7.11. The van der Waals surface area contributed by atoms with E-state index in [0.717, 1.165) is 37.5 Å². The van der Waals surface area contributed by atoms with Crippen molar-refractivity contribution in [2.75, 3.05) is 13.2 Å². The van der Waals surface area contributed by atoms with E-state index in [4.69, 9.17) is 9.72 Å². The monoisotopic (exact) mass is 284 g/mol. The van der Waals surface area contributed by atoms with Gasteiger partial charge in [0.15, 0.2) is 0 Å². The van der Waals surface area contributed by atoms with Gasteiger partial charge in [-0.25, -0.2) is 4.98 Å². The zero-order chi connectivity index (χ0) is 14.1. The van der Waals surface area contributed by atoms with Crippen LogP contribution in [0, 0.1) is 5.92 Å². The molecule has 0 unspecified atom stereocenters. The summed E-state index contributed by atoms with van der Waals surface area (Å²) in [5.74, 6) is 0.649. The van der Waals surface area contributed by atoms with Crippen molar-refractivity contribution < 1.29 is 4.74 Å². The predicted molar refractivity (Wildman–Crippen MR) is 82.6 cm³/mol. The van der Waals surface area contributed by atoms with Crippen molar-refractivity contribution in [3.8, 4) is 0 Å². The molecule has 0 aliphatic carbocycles. The van der Waals surface area contributed by atoms with Gasteiger partial charge < -0.3 is 10.1 Å². The first-order valence-electron chi connectivity index (χ1n) is 7.43. The minimum Gasteiger partial charge on any atom is -0.374 e. The molecule has 1 aromatic rings. The molecule has 1 heterocycles. The van der Waals surface area contributed by atoms with Gasteiger partial charge in [0, 0.05) is 18.0 Å². The number of nitrogens with zero attached hydrogens (tertiary/aromatic N) is 1. The molecule has 19 heavy (non-hydrogen) atoms. The van der Waals surface area contributed by atoms with Crippen LogP contribution in [0.15, 0.2) is 0 Å². The standard InChI is InChI=1S/C15H28N2OS/c1-5-7-16-10-14-13(9-12(3)4)17-15(19-14)11-18-8-6-2/h12,16H,5-11H2,1-4H3. The van der Waals surface area contributed by atoms with Crippen molar-refractivity contribution in [3.63, 3.8) is 0 Å². The lowest BCUT2D eigenvalue weighted by Gasteiger charge is -2.05. The first-order valence-corrected chi connectivity index (χ1v) is 8.24. The molecule has 0 fully saturated rings. The van der Waals surface area contributed by atoms with Gasteiger partial charge in [-0.15, -0.1) is 11.3 Å². The Morgan fingerprint density at radius 1 is 1.26 bits per heavy atom. The Labute approximate surface area is 121 Å². The number of hydrogen-bond donors (Lipinski definition) is 1. The summed E-state index contributed by atoms with van der Waals surface area (Å²) in [5.41, 5.74) is 1.26. The van der Waals surface area contributed by atoms with E-state index in [0.29, 0.717) is 12.5 Å². The van der Waals surface area contributed by atoms with Gasteiger partial charge in [-0.05, 0) is 31.7 Å². The van der Waals surface area contributed by atoms with Crippen LogP contribution in [-0.4, -0.2) is 18.1 Å². The molecule has 0 aliphatic rings. The molecule has 1 N–H and O–H groups in total. The highest BCUT2D eigenvalue weighted by atomic mass is 32.1. The van der Waals surface area contributed by atoms with Crippen molar-refractivity contribution in [1.82, 2.24) is 10.3 Å². The number of nitrogens with one attached hydrogen (secondary N) is 1. The van der Waals surface area contributed by atoms with Crippen LogP contribution in [0.25, 0.3) is 0 Å². The molecule has 0 amide bonds. The van der Waals surface area contributed by atoms with Crippen LogP contribution >= 0.6 is 11.3 Å². The second kappa shape index (κ2) is 9.45. The molecule has 0 atom stereocenters. The minimum atomic E-state index is 0.649. The Morgan fingerprint density at radius 2 is 2.05 bits per heavy atom. The van der Waals surface area contributed by atoms with Crippen LogP contribution < -0.4 is 5.32 Å². The number of rotatable bonds is 10. The molecule has 0 bridgehead atoms. The smallest absolute Gasteiger partial charge is 0.119 e. The molecule has 0 aliphatic heterocycles. The van der Waals surface area contributed by atoms with E-state index in [-0.39, 0.29) is 0 Å². The molecule has 0 saturated carbocycles. The van der Waals surface area contributed by atoms with Crippen LogP contribution in [0.4, 0.5) is 0 Å². The summed E-state index contributed by atoms with van der Waals surface area (Å²) in [6.45, 7) is 12.3. The van der Waals surface area contributed by atoms with Gasteiger partial charge in [0.1, 0.15) is 5.01 Å². The van der Waals surface area contributed by atoms with Gasteiger partial charge in [0.25, 0.3) is 0 Å². The highest BCUT2D eigenvalue weighted by Gasteiger charge is 2.12. The molecule has 0 spiro atoms. The third kappa shape index (κ3) is 6.50. The summed E-state index contributed by atoms with van der Waals surface area (Å²) in [6, 6.07) is 0. The molecule has 110 valence electrons. The Kier molecular flexibility index (Phi) is 8.26. The number of aromatic nitrogens is 1. The van der Waals surface area contributed by atoms with E-state index < -0.39 is 0 Å². The van der Waals surface area contributed by atoms with Gasteiger partial charge >= 0.3 is 0 Å². The maximum atomic E-state index is 5.60. The zero-order valence-corrected chi connectivity index (χ0v) is 13.6. The third-order valence-electron chi connectivity index (χ3n) is 2.71. The highest BCUT2D eigenvalue weighted by Crippen LogP contribution is 2.22. The summed E-state index contributed by atoms with van der Waals surface area (Å²) < 4.78 is 5.60. The Bertz CT molecular complexity index is 350. The van der Waals surface area contributed by atoms with E-state index in [1.54, 1.807) is 11.3 Å². The molecule has 0 aromatic carbocycles. The normalized spacial score (nSPS) is 11.4. The largest absolute Gasteiger partial charge is 0.374 e. The summed E-state index contributed by atoms with van der Waals surface area (Å²) in [7, 11) is 0. The number of hydrogen-bond acceptors (Lipinski definition) is 4. The van der Waals surface area contributed by atoms with Crippen LogP contribution in [-0.2, 0) is 24.3 Å². The number of thiazole rings is 1. The summed E-state index contributed by atoms with van der Waals surface area (Å²) in [6.07, 6.45) is 3.30. The summed E-state index contributed by atoms with van der Waals surface area (Å²) >= 11 is 1.80. The topological polar surface area (TPSA) is 34.1 Å². The predicted octanol–water partition coefficient (Wildman–Crippen LogP) is 3.77. The lowest BCUT2D eigenvalue weighted by atomic mass is 10.1. The lowest BCUT2D eigenvalue weighted by molar-refractivity contribution is 0.121. The quantitative estimate of drug-likeness (QED) is 0.664. The van der Waals surface area contributed by atoms with E-state index >= 15 is 0 Å². The average Bonchev–Trinajstić information content (AvgIpc) is 2.72. The van der Waals surface area contributed by atoms with Crippen molar-refractivity contribution in [2.45, 2.75) is 60.1 Å². The maximum absolute atomic E-state index is 5.60. The number of ether oxygens (including phenoxy) is 1. The van der Waals surface area contributed by atoms with E-state index in [1.165, 1.54) is 17.0 Å². The SMILES string of the molecule is CCCNCc1sc(COCCC)nc1CC(C)C. The lowest BCUT2D eigenvalue weighted by Crippen LogP contribution is -2.14. The van der Waals surface area contributed by atoms with E-state index in [1.807, 2.05) is 0 Å². The fraction of sp³-hybridized carbons (Fsp3) is 0.800. The summed E-state index contributed by atoms with van der Waals surface area (Å²) in [4.78, 5) is 6.14. The molecular weight excluding hydrogens is 256 g/mol. The molecular formula is C15H28N2OS. The van der Waals surface area contributed by atoms with Crippen molar-refractivity contribution in [2.24, 2.45) is 5.92 Å². The van der Waals surface area contributed by atoms with Crippen LogP contribution in [0.5, 0.6) is 0 Å². The third-order valence-corrected chi connectivity index (χ3v) is 3.78. The maximum Gasteiger partial charge on any atom is 0.119 e. The second-order valence-electron chi connectivity index (χ2n) is 5.30. The molecule has 3 nitrogen and oxygen atoms in total. The van der Waals surface area contributed by atoms with Gasteiger partial charge in [0.2, 0.25) is 0 Å². The Hall–Kier alpha value is -0.450. The van der Waals surface area contributed by atoms with Crippen molar-refractivity contribution >= 4 is 11.3 Å². The fourth-order valence-corrected chi connectivity index (χ4v) is 2.87. The van der Waals surface area contributed by atoms with Gasteiger partial charge in [-0.3, -0.25) is 0 Å². The van der Waals surface area contributed by atoms with Crippen LogP contribution in [0.3, 0.4) is 0 Å². The first kappa shape index (κ1) is 16.6. The van der Waals surface area contributed by atoms with Crippen molar-refractivity contribution in [3.05, 3.63) is 15.6 Å². The van der Waals surface area contributed by atoms with Gasteiger partial charge in [0.05, 0.1) is 12.3 Å². The van der Waals surface area contributed by atoms with E-state index in [2.05, 4.69) is 33.0 Å². The van der Waals surface area contributed by atoms with Gasteiger partial charge in [-0.2, -0.15) is 0 Å². The fourth-order valence-electron chi connectivity index (χ4n) is 1.87. The molecule has 1 aromatic heterocycles. The zero-order valence-electron chi connectivity index (χ0n) is 12.8. The molecule has 0 radical (unpaired) electrons. The van der Waals surface area contributed by atoms with Gasteiger partial charge in [-0.1, -0.05) is 27.7 Å². The first-order chi connectivity index (χ1) is 9.17.